The summed E-state index contributed by atoms with van der Waals surface area (Å²) < 4.78 is 7.39. The zero-order chi connectivity index (χ0) is 22.1. The summed E-state index contributed by atoms with van der Waals surface area (Å²) in [5.74, 6) is -0.331. The Morgan fingerprint density at radius 1 is 1.23 bits per heavy atom. The highest BCUT2D eigenvalue weighted by Gasteiger charge is 2.26. The van der Waals surface area contributed by atoms with Crippen LogP contribution in [0, 0.1) is 13.8 Å². The van der Waals surface area contributed by atoms with E-state index < -0.39 is 17.7 Å². The molecule has 0 spiro atoms. The van der Waals surface area contributed by atoms with Gasteiger partial charge in [0.05, 0.1) is 5.69 Å². The molecule has 2 amide bonds. The van der Waals surface area contributed by atoms with Gasteiger partial charge in [-0.25, -0.2) is 9.78 Å². The smallest absolute Gasteiger partial charge is 0.408 e. The number of thiazole rings is 1. The van der Waals surface area contributed by atoms with Crippen LogP contribution in [-0.2, 0) is 23.0 Å². The maximum atomic E-state index is 13.1. The lowest BCUT2D eigenvalue weighted by Crippen LogP contribution is -2.47. The molecule has 0 aliphatic rings. The number of amides is 2. The zero-order valence-corrected chi connectivity index (χ0v) is 19.0. The molecule has 0 fully saturated rings. The van der Waals surface area contributed by atoms with Crippen LogP contribution in [0.15, 0.2) is 30.5 Å². The van der Waals surface area contributed by atoms with E-state index in [-0.39, 0.29) is 5.91 Å². The number of rotatable bonds is 5. The van der Waals surface area contributed by atoms with Gasteiger partial charge < -0.3 is 19.9 Å². The fourth-order valence-electron chi connectivity index (χ4n) is 3.19. The molecule has 3 aromatic rings. The number of benzene rings is 1. The summed E-state index contributed by atoms with van der Waals surface area (Å²) in [5.41, 5.74) is 2.25. The van der Waals surface area contributed by atoms with E-state index >= 15 is 0 Å². The maximum Gasteiger partial charge on any atom is 0.408 e. The van der Waals surface area contributed by atoms with Gasteiger partial charge in [-0.15, -0.1) is 11.3 Å². The molecule has 0 saturated carbocycles. The quantitative estimate of drug-likeness (QED) is 0.634. The number of para-hydroxylation sites is 1. The molecule has 30 heavy (non-hydrogen) atoms. The number of aryl methyl sites for hydroxylation is 3. The monoisotopic (exact) mass is 428 g/mol. The Hall–Kier alpha value is -2.87. The second kappa shape index (κ2) is 8.47. The lowest BCUT2D eigenvalue weighted by atomic mass is 10.0. The van der Waals surface area contributed by atoms with Crippen LogP contribution in [0.1, 0.15) is 36.9 Å². The maximum absolute atomic E-state index is 13.1. The fraction of sp³-hybridized carbons (Fsp3) is 0.409. The minimum atomic E-state index is -0.810. The zero-order valence-electron chi connectivity index (χ0n) is 18.2. The number of carbonyl (C=O) groups excluding carboxylic acids is 2. The van der Waals surface area contributed by atoms with E-state index in [2.05, 4.69) is 15.6 Å². The van der Waals surface area contributed by atoms with E-state index in [1.165, 1.54) is 11.3 Å². The lowest BCUT2D eigenvalue weighted by molar-refractivity contribution is -0.118. The van der Waals surface area contributed by atoms with E-state index in [0.717, 1.165) is 27.0 Å². The van der Waals surface area contributed by atoms with Gasteiger partial charge in [0, 0.05) is 35.4 Å². The van der Waals surface area contributed by atoms with Crippen LogP contribution in [0.4, 0.5) is 9.93 Å². The standard InChI is InChI=1S/C22H28N4O3S/c1-13-14(2)30-20(23-13)25-19(27)17(24-21(28)29-22(3,4)5)11-15-12-26(6)18-10-8-7-9-16(15)18/h7-10,12,17H,11H2,1-6H3,(H,24,28)(H,23,25,27)/t17-/m0/s1. The SMILES string of the molecule is Cc1nc(NC(=O)[C@H](Cc2cn(C)c3ccccc23)NC(=O)OC(C)(C)C)sc1C. The molecule has 160 valence electrons. The highest BCUT2D eigenvalue weighted by atomic mass is 32.1. The van der Waals surface area contributed by atoms with Crippen molar-refractivity contribution in [2.24, 2.45) is 7.05 Å². The highest BCUT2D eigenvalue weighted by molar-refractivity contribution is 7.15. The normalized spacial score (nSPS) is 12.6. The van der Waals surface area contributed by atoms with Crippen molar-refractivity contribution < 1.29 is 14.3 Å². The number of anilines is 1. The second-order valence-electron chi connectivity index (χ2n) is 8.34. The number of nitrogens with one attached hydrogen (secondary N) is 2. The molecule has 0 aliphatic heterocycles. The van der Waals surface area contributed by atoms with Gasteiger partial charge >= 0.3 is 6.09 Å². The molecule has 3 rings (SSSR count). The van der Waals surface area contributed by atoms with Crippen LogP contribution in [0.2, 0.25) is 0 Å². The minimum Gasteiger partial charge on any atom is -0.444 e. The Morgan fingerprint density at radius 2 is 1.93 bits per heavy atom. The Labute approximate surface area is 180 Å². The number of hydrogen-bond donors (Lipinski definition) is 2. The van der Waals surface area contributed by atoms with Crippen molar-refractivity contribution >= 4 is 39.4 Å². The van der Waals surface area contributed by atoms with E-state index in [4.69, 9.17) is 4.74 Å². The number of nitrogens with zero attached hydrogens (tertiary/aromatic N) is 2. The van der Waals surface area contributed by atoms with Gasteiger partial charge in [0.1, 0.15) is 11.6 Å². The third-order valence-corrected chi connectivity index (χ3v) is 5.66. The number of hydrogen-bond acceptors (Lipinski definition) is 5. The van der Waals surface area contributed by atoms with Crippen molar-refractivity contribution in [2.75, 3.05) is 5.32 Å². The van der Waals surface area contributed by atoms with Crippen molar-refractivity contribution in [2.45, 2.75) is 52.7 Å². The predicted octanol–water partition coefficient (Wildman–Crippen LogP) is 4.33. The topological polar surface area (TPSA) is 85.3 Å². The van der Waals surface area contributed by atoms with Crippen LogP contribution >= 0.6 is 11.3 Å². The van der Waals surface area contributed by atoms with Crippen molar-refractivity contribution in [1.82, 2.24) is 14.9 Å². The van der Waals surface area contributed by atoms with E-state index in [0.29, 0.717) is 11.6 Å². The Morgan fingerprint density at radius 3 is 2.57 bits per heavy atom. The van der Waals surface area contributed by atoms with E-state index in [1.807, 2.05) is 55.9 Å². The molecule has 0 aliphatic carbocycles. The predicted molar refractivity (Wildman–Crippen MR) is 120 cm³/mol. The highest BCUT2D eigenvalue weighted by Crippen LogP contribution is 2.24. The molecule has 8 heteroatoms. The van der Waals surface area contributed by atoms with Crippen LogP contribution in [-0.4, -0.2) is 33.2 Å². The third-order valence-electron chi connectivity index (χ3n) is 4.67. The molecular weight excluding hydrogens is 400 g/mol. The Balaban J connectivity index is 1.86. The van der Waals surface area contributed by atoms with E-state index in [1.54, 1.807) is 20.8 Å². The van der Waals surface area contributed by atoms with Crippen molar-refractivity contribution in [3.63, 3.8) is 0 Å². The van der Waals surface area contributed by atoms with Gasteiger partial charge in [-0.3, -0.25) is 4.79 Å². The molecule has 1 atom stereocenters. The average Bonchev–Trinajstić information content (AvgIpc) is 3.12. The molecule has 0 saturated heterocycles. The largest absolute Gasteiger partial charge is 0.444 e. The van der Waals surface area contributed by atoms with Crippen LogP contribution in [0.25, 0.3) is 10.9 Å². The molecule has 0 radical (unpaired) electrons. The molecule has 2 aromatic heterocycles. The average molecular weight is 429 g/mol. The van der Waals surface area contributed by atoms with Crippen LogP contribution in [0.3, 0.4) is 0 Å². The first-order chi connectivity index (χ1) is 14.0. The van der Waals surface area contributed by atoms with Crippen molar-refractivity contribution in [3.8, 4) is 0 Å². The number of fused-ring (bicyclic) bond motifs is 1. The van der Waals surface area contributed by atoms with Crippen LogP contribution < -0.4 is 10.6 Å². The van der Waals surface area contributed by atoms with Gasteiger partial charge in [0.2, 0.25) is 5.91 Å². The first kappa shape index (κ1) is 21.8. The summed E-state index contributed by atoms with van der Waals surface area (Å²) in [7, 11) is 1.96. The molecule has 0 unspecified atom stereocenters. The first-order valence-corrected chi connectivity index (χ1v) is 10.6. The number of ether oxygens (including phenoxy) is 1. The molecule has 2 heterocycles. The number of alkyl carbamates (subject to hydrolysis) is 1. The summed E-state index contributed by atoms with van der Waals surface area (Å²) >= 11 is 1.41. The summed E-state index contributed by atoms with van der Waals surface area (Å²) in [6.07, 6.45) is 1.68. The molecule has 2 N–H and O–H groups in total. The molecule has 0 bridgehead atoms. The van der Waals surface area contributed by atoms with Crippen molar-refractivity contribution in [1.29, 1.82) is 0 Å². The second-order valence-corrected chi connectivity index (χ2v) is 9.54. The summed E-state index contributed by atoms with van der Waals surface area (Å²) in [5, 5.41) is 7.13. The summed E-state index contributed by atoms with van der Waals surface area (Å²) in [6, 6.07) is 7.16. The fourth-order valence-corrected chi connectivity index (χ4v) is 4.00. The van der Waals surface area contributed by atoms with E-state index in [9.17, 15) is 9.59 Å². The molecule has 1 aromatic carbocycles. The molecule has 7 nitrogen and oxygen atoms in total. The third kappa shape index (κ3) is 5.18. The summed E-state index contributed by atoms with van der Waals surface area (Å²) in [4.78, 5) is 30.9. The molecular formula is C22H28N4O3S. The number of aromatic nitrogens is 2. The van der Waals surface area contributed by atoms with Gasteiger partial charge in [-0.1, -0.05) is 18.2 Å². The van der Waals surface area contributed by atoms with Gasteiger partial charge in [-0.05, 0) is 46.2 Å². The summed E-state index contributed by atoms with van der Waals surface area (Å²) in [6.45, 7) is 9.21. The minimum absolute atomic E-state index is 0.329. The Bertz CT molecular complexity index is 1060. The van der Waals surface area contributed by atoms with Crippen molar-refractivity contribution in [3.05, 3.63) is 46.6 Å². The Kier molecular flexibility index (Phi) is 6.17. The first-order valence-electron chi connectivity index (χ1n) is 9.81. The lowest BCUT2D eigenvalue weighted by Gasteiger charge is -2.23. The number of carbonyl (C=O) groups is 2. The van der Waals surface area contributed by atoms with Gasteiger partial charge in [-0.2, -0.15) is 0 Å². The van der Waals surface area contributed by atoms with Crippen LogP contribution in [0.5, 0.6) is 0 Å². The van der Waals surface area contributed by atoms with Gasteiger partial charge in [0.15, 0.2) is 5.13 Å². The van der Waals surface area contributed by atoms with Gasteiger partial charge in [0.25, 0.3) is 0 Å².